The fourth-order valence-electron chi connectivity index (χ4n) is 4.73. The number of aryl methyl sites for hydroxylation is 1. The normalized spacial score (nSPS) is 24.2. The van der Waals surface area contributed by atoms with Gasteiger partial charge in [0, 0.05) is 35.7 Å². The molecule has 2 amide bonds. The summed E-state index contributed by atoms with van der Waals surface area (Å²) in [6.45, 7) is 11.1. The molecule has 0 spiro atoms. The number of halogens is 1. The van der Waals surface area contributed by atoms with Crippen molar-refractivity contribution in [1.82, 2.24) is 15.2 Å². The molecule has 1 fully saturated rings. The third kappa shape index (κ3) is 7.21. The number of carboxylic acids is 1. The first-order chi connectivity index (χ1) is 19.8. The number of aliphatic carboxylic acids is 1. The van der Waals surface area contributed by atoms with Gasteiger partial charge in [-0.05, 0) is 56.8 Å². The van der Waals surface area contributed by atoms with Crippen molar-refractivity contribution in [3.8, 4) is 0 Å². The van der Waals surface area contributed by atoms with Crippen LogP contribution in [-0.2, 0) is 14.3 Å². The van der Waals surface area contributed by atoms with Crippen molar-refractivity contribution in [2.45, 2.75) is 58.4 Å². The van der Waals surface area contributed by atoms with Crippen molar-refractivity contribution in [2.75, 3.05) is 31.5 Å². The second kappa shape index (κ2) is 14.0. The molecular weight excluding hydrogens is 555 g/mol. The van der Waals surface area contributed by atoms with Gasteiger partial charge in [0.15, 0.2) is 12.4 Å². The highest BCUT2D eigenvalue weighted by Crippen LogP contribution is 2.34. The second-order valence-electron chi connectivity index (χ2n) is 9.91. The molecular formula is C28H37FN4O9. The Bertz CT molecular complexity index is 1340. The fraction of sp³-hybridized carbons (Fsp3) is 0.464. The molecule has 42 heavy (non-hydrogen) atoms. The Morgan fingerprint density at radius 3 is 2.38 bits per heavy atom. The number of aliphatic hydroxyl groups is 4. The lowest BCUT2D eigenvalue weighted by atomic mass is 9.99. The molecule has 4 rings (SSSR count). The smallest absolute Gasteiger partial charge is 0.335 e. The summed E-state index contributed by atoms with van der Waals surface area (Å²) in [6, 6.07) is 4.20. The molecule has 1 unspecified atom stereocenters. The summed E-state index contributed by atoms with van der Waals surface area (Å²) >= 11 is 0. The van der Waals surface area contributed by atoms with Crippen LogP contribution in [0.2, 0.25) is 0 Å². The van der Waals surface area contributed by atoms with Crippen molar-refractivity contribution in [2.24, 2.45) is 0 Å². The van der Waals surface area contributed by atoms with Gasteiger partial charge in [-0.1, -0.05) is 13.8 Å². The quantitative estimate of drug-likeness (QED) is 0.196. The number of carbonyl (C=O) groups is 3. The van der Waals surface area contributed by atoms with E-state index in [9.17, 15) is 18.8 Å². The maximum absolute atomic E-state index is 13.7. The summed E-state index contributed by atoms with van der Waals surface area (Å²) in [5, 5.41) is 50.1. The largest absolute Gasteiger partial charge is 0.479 e. The lowest BCUT2D eigenvalue weighted by Gasteiger charge is -2.36. The van der Waals surface area contributed by atoms with Gasteiger partial charge in [-0.2, -0.15) is 0 Å². The number of aromatic nitrogens is 1. The summed E-state index contributed by atoms with van der Waals surface area (Å²) in [5.41, 5.74) is 4.20. The van der Waals surface area contributed by atoms with Crippen LogP contribution in [0.4, 0.5) is 10.1 Å². The third-order valence-corrected chi connectivity index (χ3v) is 7.20. The van der Waals surface area contributed by atoms with Crippen molar-refractivity contribution in [3.63, 3.8) is 0 Å². The number of benzene rings is 1. The molecule has 5 atom stereocenters. The van der Waals surface area contributed by atoms with Gasteiger partial charge in [0.05, 0.1) is 11.1 Å². The summed E-state index contributed by atoms with van der Waals surface area (Å²) in [5.74, 6) is -2.35. The number of hydrogen-bond donors (Lipinski definition) is 8. The van der Waals surface area contributed by atoms with E-state index < -0.39 is 42.5 Å². The highest BCUT2D eigenvalue weighted by atomic mass is 19.1. The third-order valence-electron chi connectivity index (χ3n) is 7.20. The van der Waals surface area contributed by atoms with Crippen LogP contribution in [0.15, 0.2) is 18.2 Å². The molecule has 3 heterocycles. The van der Waals surface area contributed by atoms with Crippen molar-refractivity contribution in [1.29, 1.82) is 0 Å². The van der Waals surface area contributed by atoms with Gasteiger partial charge >= 0.3 is 5.97 Å². The highest BCUT2D eigenvalue weighted by molar-refractivity contribution is 6.34. The number of hydrogen-bond acceptors (Lipinski definition) is 9. The number of amides is 2. The molecule has 230 valence electrons. The van der Waals surface area contributed by atoms with Crippen LogP contribution in [0.1, 0.15) is 46.7 Å². The minimum Gasteiger partial charge on any atom is -0.479 e. The SMILES string of the molecule is CCN(CC)CCNC(=O)c1c(C)[nH]c(/C=C2\C(=O)Nc3ccc(F)cc32)c1C.O=C(O)[C@H]1OC(O)[C@H](O)[C@@H](O)[C@@H]1O. The maximum atomic E-state index is 13.7. The molecule has 1 saturated heterocycles. The van der Waals surface area contributed by atoms with E-state index in [0.717, 1.165) is 30.9 Å². The van der Waals surface area contributed by atoms with Gasteiger partial charge in [-0.15, -0.1) is 0 Å². The van der Waals surface area contributed by atoms with Crippen molar-refractivity contribution < 1.29 is 49.0 Å². The van der Waals surface area contributed by atoms with Crippen molar-refractivity contribution >= 4 is 35.1 Å². The van der Waals surface area contributed by atoms with E-state index in [1.54, 1.807) is 12.1 Å². The van der Waals surface area contributed by atoms with Crippen LogP contribution in [0.3, 0.4) is 0 Å². The molecule has 0 aliphatic carbocycles. The molecule has 0 radical (unpaired) electrons. The number of aromatic amines is 1. The van der Waals surface area contributed by atoms with Crippen molar-refractivity contribution in [3.05, 3.63) is 52.1 Å². The number of carboxylic acid groups (broad SMARTS) is 1. The Hall–Kier alpha value is -3.66. The van der Waals surface area contributed by atoms with E-state index in [0.29, 0.717) is 34.6 Å². The Kier molecular flexibility index (Phi) is 11.0. The first-order valence-electron chi connectivity index (χ1n) is 13.4. The zero-order chi connectivity index (χ0) is 31.3. The Morgan fingerprint density at radius 2 is 1.76 bits per heavy atom. The number of H-pyrrole nitrogens is 1. The van der Waals surface area contributed by atoms with E-state index in [4.69, 9.17) is 25.5 Å². The van der Waals surface area contributed by atoms with Crippen LogP contribution in [-0.4, -0.2) is 110 Å². The first kappa shape index (κ1) is 32.8. The van der Waals surface area contributed by atoms with Crippen LogP contribution < -0.4 is 10.6 Å². The van der Waals surface area contributed by atoms with Gasteiger partial charge in [-0.25, -0.2) is 9.18 Å². The maximum Gasteiger partial charge on any atom is 0.335 e. The van der Waals surface area contributed by atoms with Crippen LogP contribution in [0.25, 0.3) is 11.6 Å². The molecule has 2 aliphatic rings. The number of rotatable bonds is 8. The molecule has 2 aromatic rings. The zero-order valence-electron chi connectivity index (χ0n) is 23.7. The molecule has 1 aromatic carbocycles. The van der Waals surface area contributed by atoms with E-state index in [1.807, 2.05) is 13.8 Å². The predicted molar refractivity (Wildman–Crippen MR) is 150 cm³/mol. The van der Waals surface area contributed by atoms with Gasteiger partial charge in [-0.3, -0.25) is 9.59 Å². The number of carbonyl (C=O) groups excluding carboxylic acids is 2. The topological polar surface area (TPSA) is 205 Å². The number of aliphatic hydroxyl groups excluding tert-OH is 4. The Labute approximate surface area is 241 Å². The lowest BCUT2D eigenvalue weighted by molar-refractivity contribution is -0.279. The summed E-state index contributed by atoms with van der Waals surface area (Å²) in [4.78, 5) is 40.8. The van der Waals surface area contributed by atoms with Gasteiger partial charge in [0.1, 0.15) is 24.1 Å². The number of ether oxygens (including phenoxy) is 1. The average Bonchev–Trinajstić information content (AvgIpc) is 3.41. The summed E-state index contributed by atoms with van der Waals surface area (Å²) in [7, 11) is 0. The van der Waals surface area contributed by atoms with Crippen LogP contribution >= 0.6 is 0 Å². The number of likely N-dealkylation sites (N-methyl/N-ethyl adjacent to an activating group) is 1. The molecule has 0 bridgehead atoms. The lowest BCUT2D eigenvalue weighted by Crippen LogP contribution is -2.59. The minimum absolute atomic E-state index is 0.143. The summed E-state index contributed by atoms with van der Waals surface area (Å²) < 4.78 is 18.0. The van der Waals surface area contributed by atoms with E-state index in [-0.39, 0.29) is 11.8 Å². The number of anilines is 1. The molecule has 1 aromatic heterocycles. The van der Waals surface area contributed by atoms with Crippen LogP contribution in [0, 0.1) is 19.7 Å². The van der Waals surface area contributed by atoms with E-state index >= 15 is 0 Å². The molecule has 8 N–H and O–H groups in total. The van der Waals surface area contributed by atoms with Gasteiger partial charge in [0.25, 0.3) is 11.8 Å². The number of fused-ring (bicyclic) bond motifs is 1. The van der Waals surface area contributed by atoms with Gasteiger partial charge < -0.3 is 50.8 Å². The van der Waals surface area contributed by atoms with E-state index in [1.165, 1.54) is 12.1 Å². The summed E-state index contributed by atoms with van der Waals surface area (Å²) in [6.07, 6.45) is -7.05. The Morgan fingerprint density at radius 1 is 1.10 bits per heavy atom. The van der Waals surface area contributed by atoms with Gasteiger partial charge in [0.2, 0.25) is 0 Å². The molecule has 13 nitrogen and oxygen atoms in total. The first-order valence-corrected chi connectivity index (χ1v) is 13.4. The predicted octanol–water partition coefficient (Wildman–Crippen LogP) is 0.206. The fourth-order valence-corrected chi connectivity index (χ4v) is 4.73. The molecule has 14 heteroatoms. The minimum atomic E-state index is -1.81. The Balaban J connectivity index is 0.000000312. The highest BCUT2D eigenvalue weighted by Gasteiger charge is 2.46. The second-order valence-corrected chi connectivity index (χ2v) is 9.91. The standard InChI is InChI=1S/C22H27FN4O2.C6H10O7/c1-5-27(6-2)10-9-24-22(29)20-13(3)19(25-14(20)4)12-17-16-11-15(23)7-8-18(16)26-21(17)28;7-1-2(8)4(5(10)11)13-6(12)3(1)9/h7-8,11-12,25H,5-6,9-10H2,1-4H3,(H,24,29)(H,26,28);1-4,6-9,12H,(H,10,11)/b17-12-;/t;1-,2-,3+,4-,6?/m.0/s1. The monoisotopic (exact) mass is 592 g/mol. The number of nitrogens with one attached hydrogen (secondary N) is 3. The average molecular weight is 593 g/mol. The zero-order valence-corrected chi connectivity index (χ0v) is 23.7. The molecule has 0 saturated carbocycles. The molecule has 2 aliphatic heterocycles. The number of nitrogens with zero attached hydrogens (tertiary/aromatic N) is 1. The van der Waals surface area contributed by atoms with Crippen LogP contribution in [0.5, 0.6) is 0 Å². The van der Waals surface area contributed by atoms with E-state index in [2.05, 4.69) is 39.1 Å².